The molecule has 1 aromatic carbocycles. The van der Waals surface area contributed by atoms with Crippen molar-refractivity contribution in [2.75, 3.05) is 17.2 Å². The van der Waals surface area contributed by atoms with Crippen molar-refractivity contribution < 1.29 is 9.53 Å². The van der Waals surface area contributed by atoms with E-state index in [1.54, 1.807) is 11.1 Å². The standard InChI is InChI=1S/C14H13N3O2/c15-14-10(4-3-7-16-14)8-17-11-5-1-2-6-12(11)19-9-13(17)18/h1-7H,8-9H2,(H2,15,16). The number of aromatic nitrogens is 1. The molecular weight excluding hydrogens is 242 g/mol. The van der Waals surface area contributed by atoms with Crippen molar-refractivity contribution in [1.82, 2.24) is 4.98 Å². The van der Waals surface area contributed by atoms with Gasteiger partial charge in [-0.05, 0) is 18.2 Å². The summed E-state index contributed by atoms with van der Waals surface area (Å²) in [5.74, 6) is 1.07. The van der Waals surface area contributed by atoms with Crippen LogP contribution < -0.4 is 15.4 Å². The third kappa shape index (κ3) is 2.10. The number of para-hydroxylation sites is 2. The van der Waals surface area contributed by atoms with E-state index in [1.807, 2.05) is 36.4 Å². The molecule has 3 rings (SSSR count). The van der Waals surface area contributed by atoms with E-state index in [-0.39, 0.29) is 12.5 Å². The predicted octanol–water partition coefficient (Wildman–Crippen LogP) is 1.59. The minimum Gasteiger partial charge on any atom is -0.482 e. The maximum absolute atomic E-state index is 12.0. The van der Waals surface area contributed by atoms with Gasteiger partial charge in [0.05, 0.1) is 12.2 Å². The minimum atomic E-state index is -0.0815. The molecule has 0 saturated carbocycles. The fourth-order valence-corrected chi connectivity index (χ4v) is 2.08. The average molecular weight is 255 g/mol. The van der Waals surface area contributed by atoms with Crippen LogP contribution in [0.1, 0.15) is 5.56 Å². The van der Waals surface area contributed by atoms with E-state index in [2.05, 4.69) is 4.98 Å². The van der Waals surface area contributed by atoms with Gasteiger partial charge in [-0.2, -0.15) is 0 Å². The molecule has 1 aliphatic heterocycles. The first-order chi connectivity index (χ1) is 9.25. The fourth-order valence-electron chi connectivity index (χ4n) is 2.08. The van der Waals surface area contributed by atoms with E-state index in [0.29, 0.717) is 18.1 Å². The number of rotatable bonds is 2. The number of hydrogen-bond donors (Lipinski definition) is 1. The lowest BCUT2D eigenvalue weighted by Crippen LogP contribution is -2.38. The average Bonchev–Trinajstić information content (AvgIpc) is 2.44. The highest BCUT2D eigenvalue weighted by Crippen LogP contribution is 2.32. The van der Waals surface area contributed by atoms with Crippen LogP contribution in [0, 0.1) is 0 Å². The zero-order valence-electron chi connectivity index (χ0n) is 10.2. The monoisotopic (exact) mass is 255 g/mol. The van der Waals surface area contributed by atoms with Crippen molar-refractivity contribution in [3.63, 3.8) is 0 Å². The van der Waals surface area contributed by atoms with Gasteiger partial charge in [0.2, 0.25) is 0 Å². The Labute approximate surface area is 110 Å². The number of ether oxygens (including phenoxy) is 1. The molecule has 2 aromatic rings. The zero-order valence-corrected chi connectivity index (χ0v) is 10.2. The van der Waals surface area contributed by atoms with E-state index in [1.165, 1.54) is 0 Å². The first-order valence-corrected chi connectivity index (χ1v) is 5.97. The van der Waals surface area contributed by atoms with Gasteiger partial charge < -0.3 is 15.4 Å². The lowest BCUT2D eigenvalue weighted by atomic mass is 10.2. The highest BCUT2D eigenvalue weighted by molar-refractivity contribution is 5.97. The lowest BCUT2D eigenvalue weighted by molar-refractivity contribution is -0.121. The van der Waals surface area contributed by atoms with E-state index < -0.39 is 0 Å². The van der Waals surface area contributed by atoms with Crippen molar-refractivity contribution in [2.45, 2.75) is 6.54 Å². The first kappa shape index (κ1) is 11.5. The van der Waals surface area contributed by atoms with Crippen LogP contribution in [0.3, 0.4) is 0 Å². The molecule has 0 radical (unpaired) electrons. The highest BCUT2D eigenvalue weighted by atomic mass is 16.5. The van der Waals surface area contributed by atoms with Crippen LogP contribution in [0.4, 0.5) is 11.5 Å². The molecule has 2 heterocycles. The molecule has 5 heteroatoms. The molecule has 0 atom stereocenters. The van der Waals surface area contributed by atoms with Gasteiger partial charge in [0, 0.05) is 11.8 Å². The van der Waals surface area contributed by atoms with Crippen LogP contribution in [-0.2, 0) is 11.3 Å². The van der Waals surface area contributed by atoms with Crippen LogP contribution in [0.5, 0.6) is 5.75 Å². The number of carbonyl (C=O) groups excluding carboxylic acids is 1. The number of nitrogens with zero attached hydrogens (tertiary/aromatic N) is 2. The fraction of sp³-hybridized carbons (Fsp3) is 0.143. The van der Waals surface area contributed by atoms with Crippen LogP contribution in [-0.4, -0.2) is 17.5 Å². The Hall–Kier alpha value is -2.56. The number of benzene rings is 1. The molecule has 0 bridgehead atoms. The summed E-state index contributed by atoms with van der Waals surface area (Å²) in [6.45, 7) is 0.454. The van der Waals surface area contributed by atoms with Crippen LogP contribution in [0.15, 0.2) is 42.6 Å². The number of nitrogens with two attached hydrogens (primary N) is 1. The Morgan fingerprint density at radius 1 is 1.26 bits per heavy atom. The summed E-state index contributed by atoms with van der Waals surface area (Å²) >= 11 is 0. The Morgan fingerprint density at radius 3 is 2.95 bits per heavy atom. The van der Waals surface area contributed by atoms with Crippen molar-refractivity contribution in [3.05, 3.63) is 48.2 Å². The molecule has 1 aliphatic rings. The van der Waals surface area contributed by atoms with Crippen molar-refractivity contribution in [2.24, 2.45) is 0 Å². The quantitative estimate of drug-likeness (QED) is 0.884. The van der Waals surface area contributed by atoms with Crippen molar-refractivity contribution in [3.8, 4) is 5.75 Å². The Bertz CT molecular complexity index is 628. The van der Waals surface area contributed by atoms with E-state index in [9.17, 15) is 4.79 Å². The third-order valence-corrected chi connectivity index (χ3v) is 3.06. The molecule has 0 saturated heterocycles. The zero-order chi connectivity index (χ0) is 13.2. The summed E-state index contributed by atoms with van der Waals surface area (Å²) in [7, 11) is 0. The number of amides is 1. The van der Waals surface area contributed by atoms with E-state index >= 15 is 0 Å². The van der Waals surface area contributed by atoms with Gasteiger partial charge >= 0.3 is 0 Å². The van der Waals surface area contributed by atoms with Gasteiger partial charge in [-0.3, -0.25) is 4.79 Å². The topological polar surface area (TPSA) is 68.5 Å². The Kier molecular flexibility index (Phi) is 2.79. The minimum absolute atomic E-state index is 0.0528. The van der Waals surface area contributed by atoms with Crippen molar-refractivity contribution >= 4 is 17.4 Å². The second-order valence-electron chi connectivity index (χ2n) is 4.28. The third-order valence-electron chi connectivity index (χ3n) is 3.06. The van der Waals surface area contributed by atoms with Gasteiger partial charge in [0.25, 0.3) is 5.91 Å². The summed E-state index contributed by atoms with van der Waals surface area (Å²) in [6.07, 6.45) is 1.63. The molecule has 0 unspecified atom stereocenters. The number of nitrogen functional groups attached to an aromatic ring is 1. The second-order valence-corrected chi connectivity index (χ2v) is 4.28. The summed E-state index contributed by atoms with van der Waals surface area (Å²) in [6, 6.07) is 11.1. The number of carbonyl (C=O) groups is 1. The summed E-state index contributed by atoms with van der Waals surface area (Å²) in [5, 5.41) is 0. The molecule has 2 N–H and O–H groups in total. The molecular formula is C14H13N3O2. The largest absolute Gasteiger partial charge is 0.482 e. The van der Waals surface area contributed by atoms with Crippen molar-refractivity contribution in [1.29, 1.82) is 0 Å². The second kappa shape index (κ2) is 4.61. The Balaban J connectivity index is 1.96. The summed E-state index contributed by atoms with van der Waals surface area (Å²) in [4.78, 5) is 17.7. The predicted molar refractivity (Wildman–Crippen MR) is 71.8 cm³/mol. The molecule has 0 fully saturated rings. The van der Waals surface area contributed by atoms with Gasteiger partial charge in [-0.1, -0.05) is 18.2 Å². The van der Waals surface area contributed by atoms with E-state index in [4.69, 9.17) is 10.5 Å². The van der Waals surface area contributed by atoms with Gasteiger partial charge in [-0.25, -0.2) is 4.98 Å². The smallest absolute Gasteiger partial charge is 0.265 e. The maximum Gasteiger partial charge on any atom is 0.265 e. The number of anilines is 2. The lowest BCUT2D eigenvalue weighted by Gasteiger charge is -2.29. The van der Waals surface area contributed by atoms with Crippen LogP contribution in [0.2, 0.25) is 0 Å². The SMILES string of the molecule is Nc1ncccc1CN1C(=O)COc2ccccc21. The summed E-state index contributed by atoms with van der Waals surface area (Å²) < 4.78 is 5.40. The molecule has 1 amide bonds. The molecule has 19 heavy (non-hydrogen) atoms. The number of hydrogen-bond acceptors (Lipinski definition) is 4. The van der Waals surface area contributed by atoms with E-state index in [0.717, 1.165) is 11.3 Å². The summed E-state index contributed by atoms with van der Waals surface area (Å²) in [5.41, 5.74) is 7.42. The molecule has 96 valence electrons. The van der Waals surface area contributed by atoms with Gasteiger partial charge in [0.1, 0.15) is 11.6 Å². The molecule has 5 nitrogen and oxygen atoms in total. The number of fused-ring (bicyclic) bond motifs is 1. The first-order valence-electron chi connectivity index (χ1n) is 5.97. The number of pyridine rings is 1. The van der Waals surface area contributed by atoms with Gasteiger partial charge in [0.15, 0.2) is 6.61 Å². The highest BCUT2D eigenvalue weighted by Gasteiger charge is 2.25. The molecule has 0 aliphatic carbocycles. The normalized spacial score (nSPS) is 13.9. The molecule has 0 spiro atoms. The maximum atomic E-state index is 12.0. The Morgan fingerprint density at radius 2 is 2.11 bits per heavy atom. The molecule has 1 aromatic heterocycles. The van der Waals surface area contributed by atoms with Gasteiger partial charge in [-0.15, -0.1) is 0 Å². The van der Waals surface area contributed by atoms with Crippen LogP contribution in [0.25, 0.3) is 0 Å². The van der Waals surface area contributed by atoms with Crippen LogP contribution >= 0.6 is 0 Å².